The van der Waals surface area contributed by atoms with Gasteiger partial charge < -0.3 is 4.74 Å². The lowest BCUT2D eigenvalue weighted by Crippen LogP contribution is -1.98. The number of benzene rings is 1. The van der Waals surface area contributed by atoms with Crippen molar-refractivity contribution in [1.29, 1.82) is 0 Å². The second kappa shape index (κ2) is 4.31. The average molecular weight is 272 g/mol. The molecule has 0 radical (unpaired) electrons. The van der Waals surface area contributed by atoms with Gasteiger partial charge in [-0.15, -0.1) is 10.2 Å². The van der Waals surface area contributed by atoms with Crippen LogP contribution in [0.1, 0.15) is 29.6 Å². The van der Waals surface area contributed by atoms with Gasteiger partial charge in [0.15, 0.2) is 10.8 Å². The number of nitrogens with zero attached hydrogens (tertiary/aromatic N) is 4. The molecule has 2 heterocycles. The lowest BCUT2D eigenvalue weighted by molar-refractivity contribution is 0.304. The van der Waals surface area contributed by atoms with Crippen LogP contribution in [0.2, 0.25) is 0 Å². The van der Waals surface area contributed by atoms with Crippen molar-refractivity contribution in [2.75, 3.05) is 0 Å². The van der Waals surface area contributed by atoms with Gasteiger partial charge in [0.2, 0.25) is 4.96 Å². The summed E-state index contributed by atoms with van der Waals surface area (Å²) in [7, 11) is 0. The molecule has 0 unspecified atom stereocenters. The topological polar surface area (TPSA) is 52.3 Å². The summed E-state index contributed by atoms with van der Waals surface area (Å²) in [6.45, 7) is 0.474. The molecule has 0 N–H and O–H groups in total. The van der Waals surface area contributed by atoms with Gasteiger partial charge in [0, 0.05) is 5.92 Å². The van der Waals surface area contributed by atoms with E-state index in [0.29, 0.717) is 12.5 Å². The molecule has 1 aliphatic carbocycles. The van der Waals surface area contributed by atoms with Gasteiger partial charge in [-0.3, -0.25) is 0 Å². The predicted octanol–water partition coefficient (Wildman–Crippen LogP) is 2.64. The molecular weight excluding hydrogens is 260 g/mol. The molecule has 0 saturated heterocycles. The Labute approximate surface area is 113 Å². The van der Waals surface area contributed by atoms with Crippen LogP contribution in [0.3, 0.4) is 0 Å². The molecule has 96 valence electrons. The van der Waals surface area contributed by atoms with E-state index in [0.717, 1.165) is 21.5 Å². The van der Waals surface area contributed by atoms with Crippen molar-refractivity contribution in [3.8, 4) is 5.75 Å². The van der Waals surface area contributed by atoms with E-state index in [2.05, 4.69) is 15.3 Å². The first kappa shape index (κ1) is 10.9. The van der Waals surface area contributed by atoms with Gasteiger partial charge in [-0.2, -0.15) is 9.61 Å². The summed E-state index contributed by atoms with van der Waals surface area (Å²) in [5.74, 6) is 2.41. The molecule has 4 rings (SSSR count). The number of rotatable bonds is 4. The quantitative estimate of drug-likeness (QED) is 0.732. The molecule has 0 bridgehead atoms. The van der Waals surface area contributed by atoms with E-state index in [1.165, 1.54) is 24.2 Å². The standard InChI is InChI=1S/C13H12N4OS/c1-2-4-10(5-3-1)18-8-11-16-17-12(9-6-7-9)14-15-13(17)19-11/h1-5,9H,6-8H2. The van der Waals surface area contributed by atoms with Gasteiger partial charge in [0.1, 0.15) is 12.4 Å². The number of ether oxygens (including phenoxy) is 1. The fourth-order valence-corrected chi connectivity index (χ4v) is 2.74. The largest absolute Gasteiger partial charge is 0.486 e. The van der Waals surface area contributed by atoms with E-state index >= 15 is 0 Å². The molecule has 1 fully saturated rings. The highest BCUT2D eigenvalue weighted by Gasteiger charge is 2.30. The van der Waals surface area contributed by atoms with Crippen molar-refractivity contribution < 1.29 is 4.74 Å². The minimum absolute atomic E-state index is 0.474. The van der Waals surface area contributed by atoms with E-state index in [4.69, 9.17) is 4.74 Å². The zero-order chi connectivity index (χ0) is 12.7. The first-order chi connectivity index (χ1) is 9.40. The Bertz CT molecular complexity index is 702. The number of hydrogen-bond acceptors (Lipinski definition) is 5. The van der Waals surface area contributed by atoms with E-state index in [-0.39, 0.29) is 0 Å². The average Bonchev–Trinajstić information content (AvgIpc) is 3.08. The van der Waals surface area contributed by atoms with E-state index in [1.54, 1.807) is 0 Å². The summed E-state index contributed by atoms with van der Waals surface area (Å²) in [6.07, 6.45) is 2.41. The second-order valence-corrected chi connectivity index (χ2v) is 5.66. The Morgan fingerprint density at radius 2 is 2.05 bits per heavy atom. The molecule has 0 spiro atoms. The van der Waals surface area contributed by atoms with Crippen LogP contribution in [0.15, 0.2) is 30.3 Å². The Hall–Kier alpha value is -1.95. The summed E-state index contributed by atoms with van der Waals surface area (Å²) < 4.78 is 7.56. The normalized spacial score (nSPS) is 14.9. The van der Waals surface area contributed by atoms with Crippen molar-refractivity contribution in [3.05, 3.63) is 41.2 Å². The summed E-state index contributed by atoms with van der Waals surface area (Å²) >= 11 is 1.54. The Kier molecular flexibility index (Phi) is 2.48. The molecule has 1 aliphatic rings. The highest BCUT2D eigenvalue weighted by Crippen LogP contribution is 2.39. The molecule has 5 nitrogen and oxygen atoms in total. The SMILES string of the molecule is c1ccc(OCc2nn3c(C4CC4)nnc3s2)cc1. The van der Waals surface area contributed by atoms with Crippen molar-refractivity contribution in [1.82, 2.24) is 19.8 Å². The second-order valence-electron chi connectivity index (χ2n) is 4.62. The molecular formula is C13H12N4OS. The molecule has 1 aromatic carbocycles. The number of para-hydroxylation sites is 1. The lowest BCUT2D eigenvalue weighted by atomic mass is 10.3. The van der Waals surface area contributed by atoms with Gasteiger partial charge in [0.25, 0.3) is 0 Å². The molecule has 1 saturated carbocycles. The third kappa shape index (κ3) is 2.08. The smallest absolute Gasteiger partial charge is 0.234 e. The fourth-order valence-electron chi connectivity index (χ4n) is 1.99. The van der Waals surface area contributed by atoms with Crippen LogP contribution in [-0.4, -0.2) is 19.8 Å². The molecule has 0 aliphatic heterocycles. The Morgan fingerprint density at radius 3 is 2.84 bits per heavy atom. The third-order valence-electron chi connectivity index (χ3n) is 3.10. The summed E-state index contributed by atoms with van der Waals surface area (Å²) in [4.78, 5) is 0.855. The molecule has 0 amide bonds. The predicted molar refractivity (Wildman–Crippen MR) is 71.4 cm³/mol. The van der Waals surface area contributed by atoms with Crippen LogP contribution in [-0.2, 0) is 6.61 Å². The monoisotopic (exact) mass is 272 g/mol. The summed E-state index contributed by atoms with van der Waals surface area (Å²) in [5.41, 5.74) is 0. The third-order valence-corrected chi connectivity index (χ3v) is 3.98. The number of hydrogen-bond donors (Lipinski definition) is 0. The van der Waals surface area contributed by atoms with E-state index in [9.17, 15) is 0 Å². The minimum Gasteiger partial charge on any atom is -0.486 e. The Balaban J connectivity index is 1.55. The maximum Gasteiger partial charge on any atom is 0.234 e. The minimum atomic E-state index is 0.474. The maximum absolute atomic E-state index is 5.69. The summed E-state index contributed by atoms with van der Waals surface area (Å²) in [6, 6.07) is 9.77. The van der Waals surface area contributed by atoms with Gasteiger partial charge in [-0.25, -0.2) is 0 Å². The van der Waals surface area contributed by atoms with Crippen LogP contribution in [0, 0.1) is 0 Å². The van der Waals surface area contributed by atoms with Crippen LogP contribution in [0.5, 0.6) is 5.75 Å². The van der Waals surface area contributed by atoms with Crippen molar-refractivity contribution >= 4 is 16.3 Å². The summed E-state index contributed by atoms with van der Waals surface area (Å²) in [5, 5.41) is 13.8. The number of fused-ring (bicyclic) bond motifs is 1. The van der Waals surface area contributed by atoms with E-state index in [1.807, 2.05) is 34.8 Å². The first-order valence-corrected chi connectivity index (χ1v) is 7.10. The van der Waals surface area contributed by atoms with Gasteiger partial charge in [-0.1, -0.05) is 29.5 Å². The highest BCUT2D eigenvalue weighted by molar-refractivity contribution is 7.16. The van der Waals surface area contributed by atoms with Gasteiger partial charge in [0.05, 0.1) is 0 Å². The zero-order valence-corrected chi connectivity index (χ0v) is 11.0. The van der Waals surface area contributed by atoms with Crippen LogP contribution >= 0.6 is 11.3 Å². The molecule has 2 aromatic heterocycles. The number of aromatic nitrogens is 4. The zero-order valence-electron chi connectivity index (χ0n) is 10.2. The first-order valence-electron chi connectivity index (χ1n) is 6.29. The van der Waals surface area contributed by atoms with E-state index < -0.39 is 0 Å². The fraction of sp³-hybridized carbons (Fsp3) is 0.308. The highest BCUT2D eigenvalue weighted by atomic mass is 32.1. The molecule has 6 heteroatoms. The van der Waals surface area contributed by atoms with Crippen LogP contribution in [0.25, 0.3) is 4.96 Å². The molecule has 0 atom stereocenters. The van der Waals surface area contributed by atoms with Crippen molar-refractivity contribution in [2.24, 2.45) is 0 Å². The van der Waals surface area contributed by atoms with Gasteiger partial charge >= 0.3 is 0 Å². The molecule has 3 aromatic rings. The van der Waals surface area contributed by atoms with Crippen molar-refractivity contribution in [2.45, 2.75) is 25.4 Å². The maximum atomic E-state index is 5.69. The lowest BCUT2D eigenvalue weighted by Gasteiger charge is -2.02. The van der Waals surface area contributed by atoms with Crippen LogP contribution in [0.4, 0.5) is 0 Å². The molecule has 19 heavy (non-hydrogen) atoms. The Morgan fingerprint density at radius 1 is 1.21 bits per heavy atom. The van der Waals surface area contributed by atoms with Crippen molar-refractivity contribution in [3.63, 3.8) is 0 Å². The van der Waals surface area contributed by atoms with Crippen LogP contribution < -0.4 is 4.74 Å². The van der Waals surface area contributed by atoms with Gasteiger partial charge in [-0.05, 0) is 25.0 Å².